The van der Waals surface area contributed by atoms with Gasteiger partial charge >= 0.3 is 0 Å². The Morgan fingerprint density at radius 1 is 1.42 bits per heavy atom. The molecule has 0 aliphatic rings. The average molecular weight is 260 g/mol. The van der Waals surface area contributed by atoms with Crippen molar-refractivity contribution in [2.24, 2.45) is 13.0 Å². The SMILES string of the molecule is CCC(CC)C(=O)Nc1cnc2c(c1)c(C)nn2C. The second-order valence-corrected chi connectivity index (χ2v) is 4.81. The summed E-state index contributed by atoms with van der Waals surface area (Å²) in [6.07, 6.45) is 3.39. The van der Waals surface area contributed by atoms with Gasteiger partial charge in [-0.1, -0.05) is 13.8 Å². The number of fused-ring (bicyclic) bond motifs is 1. The van der Waals surface area contributed by atoms with Crippen LogP contribution in [0, 0.1) is 12.8 Å². The van der Waals surface area contributed by atoms with Crippen molar-refractivity contribution in [2.75, 3.05) is 5.32 Å². The number of aromatic nitrogens is 3. The van der Waals surface area contributed by atoms with E-state index in [0.29, 0.717) is 0 Å². The van der Waals surface area contributed by atoms with Crippen molar-refractivity contribution in [3.63, 3.8) is 0 Å². The number of hydrogen-bond acceptors (Lipinski definition) is 3. The number of nitrogens with zero attached hydrogens (tertiary/aromatic N) is 3. The third-order valence-electron chi connectivity index (χ3n) is 3.49. The number of carbonyl (C=O) groups is 1. The highest BCUT2D eigenvalue weighted by Crippen LogP contribution is 2.20. The van der Waals surface area contributed by atoms with Gasteiger partial charge in [0.2, 0.25) is 5.91 Å². The maximum atomic E-state index is 12.0. The van der Waals surface area contributed by atoms with Crippen LogP contribution >= 0.6 is 0 Å². The van der Waals surface area contributed by atoms with E-state index in [1.54, 1.807) is 10.9 Å². The molecule has 2 heterocycles. The molecule has 102 valence electrons. The van der Waals surface area contributed by atoms with Crippen LogP contribution in [0.5, 0.6) is 0 Å². The first kappa shape index (κ1) is 13.5. The zero-order chi connectivity index (χ0) is 14.0. The quantitative estimate of drug-likeness (QED) is 0.919. The topological polar surface area (TPSA) is 59.8 Å². The largest absolute Gasteiger partial charge is 0.324 e. The zero-order valence-corrected chi connectivity index (χ0v) is 11.9. The minimum atomic E-state index is 0.0608. The molecule has 5 nitrogen and oxygen atoms in total. The van der Waals surface area contributed by atoms with E-state index in [1.165, 1.54) is 0 Å². The number of nitrogens with one attached hydrogen (secondary N) is 1. The van der Waals surface area contributed by atoms with Gasteiger partial charge in [0.1, 0.15) is 0 Å². The van der Waals surface area contributed by atoms with E-state index in [4.69, 9.17) is 0 Å². The molecule has 0 saturated carbocycles. The molecule has 0 spiro atoms. The van der Waals surface area contributed by atoms with Crippen molar-refractivity contribution in [2.45, 2.75) is 33.6 Å². The molecule has 0 aliphatic heterocycles. The van der Waals surface area contributed by atoms with Crippen LogP contribution in [-0.2, 0) is 11.8 Å². The summed E-state index contributed by atoms with van der Waals surface area (Å²) in [5.74, 6) is 0.124. The Kier molecular flexibility index (Phi) is 3.83. The van der Waals surface area contributed by atoms with Gasteiger partial charge in [0.05, 0.1) is 17.6 Å². The molecular formula is C14H20N4O. The van der Waals surface area contributed by atoms with Crippen LogP contribution in [0.1, 0.15) is 32.4 Å². The molecule has 0 fully saturated rings. The fourth-order valence-corrected chi connectivity index (χ4v) is 2.28. The van der Waals surface area contributed by atoms with E-state index in [9.17, 15) is 4.79 Å². The summed E-state index contributed by atoms with van der Waals surface area (Å²) < 4.78 is 1.75. The number of pyridine rings is 1. The van der Waals surface area contributed by atoms with Crippen LogP contribution in [0.2, 0.25) is 0 Å². The first-order valence-electron chi connectivity index (χ1n) is 6.67. The monoisotopic (exact) mass is 260 g/mol. The standard InChI is InChI=1S/C14H20N4O/c1-5-10(6-2)14(19)16-11-7-12-9(3)17-18(4)13(12)15-8-11/h7-8,10H,5-6H2,1-4H3,(H,16,19). The van der Waals surface area contributed by atoms with Gasteiger partial charge in [-0.25, -0.2) is 4.98 Å². The lowest BCUT2D eigenvalue weighted by molar-refractivity contribution is -0.120. The highest BCUT2D eigenvalue weighted by atomic mass is 16.1. The Morgan fingerprint density at radius 2 is 2.11 bits per heavy atom. The lowest BCUT2D eigenvalue weighted by Crippen LogP contribution is -2.21. The van der Waals surface area contributed by atoms with Crippen molar-refractivity contribution >= 4 is 22.6 Å². The molecular weight excluding hydrogens is 240 g/mol. The summed E-state index contributed by atoms with van der Waals surface area (Å²) >= 11 is 0. The van der Waals surface area contributed by atoms with E-state index >= 15 is 0 Å². The predicted octanol–water partition coefficient (Wildman–Crippen LogP) is 2.65. The number of hydrogen-bond donors (Lipinski definition) is 1. The fraction of sp³-hybridized carbons (Fsp3) is 0.500. The van der Waals surface area contributed by atoms with E-state index in [1.807, 2.05) is 33.9 Å². The number of anilines is 1. The molecule has 19 heavy (non-hydrogen) atoms. The van der Waals surface area contributed by atoms with Crippen molar-refractivity contribution in [1.29, 1.82) is 0 Å². The molecule has 0 unspecified atom stereocenters. The Morgan fingerprint density at radius 3 is 2.74 bits per heavy atom. The third kappa shape index (κ3) is 2.59. The first-order chi connectivity index (χ1) is 9.06. The molecule has 1 amide bonds. The van der Waals surface area contributed by atoms with Crippen molar-refractivity contribution in [3.05, 3.63) is 18.0 Å². The summed E-state index contributed by atoms with van der Waals surface area (Å²) in [6.45, 7) is 6.00. The molecule has 0 saturated heterocycles. The normalized spacial score (nSPS) is 11.2. The Bertz CT molecular complexity index is 599. The summed E-state index contributed by atoms with van der Waals surface area (Å²) in [7, 11) is 1.87. The lowest BCUT2D eigenvalue weighted by atomic mass is 10.0. The van der Waals surface area contributed by atoms with Gasteiger partial charge in [-0.05, 0) is 25.8 Å². The first-order valence-corrected chi connectivity index (χ1v) is 6.67. The zero-order valence-electron chi connectivity index (χ0n) is 11.9. The van der Waals surface area contributed by atoms with Crippen LogP contribution in [0.15, 0.2) is 12.3 Å². The van der Waals surface area contributed by atoms with Crippen molar-refractivity contribution in [1.82, 2.24) is 14.8 Å². The minimum Gasteiger partial charge on any atom is -0.324 e. The van der Waals surface area contributed by atoms with Gasteiger partial charge in [0.15, 0.2) is 5.65 Å². The number of carbonyl (C=O) groups excluding carboxylic acids is 1. The van der Waals surface area contributed by atoms with E-state index < -0.39 is 0 Å². The highest BCUT2D eigenvalue weighted by Gasteiger charge is 2.15. The lowest BCUT2D eigenvalue weighted by Gasteiger charge is -2.12. The summed E-state index contributed by atoms with van der Waals surface area (Å²) in [4.78, 5) is 16.4. The highest BCUT2D eigenvalue weighted by molar-refractivity contribution is 5.94. The summed E-state index contributed by atoms with van der Waals surface area (Å²) in [5.41, 5.74) is 2.49. The Balaban J connectivity index is 2.27. The van der Waals surface area contributed by atoms with Crippen LogP contribution in [0.4, 0.5) is 5.69 Å². The fourth-order valence-electron chi connectivity index (χ4n) is 2.28. The maximum Gasteiger partial charge on any atom is 0.227 e. The van der Waals surface area contributed by atoms with Gasteiger partial charge in [0.25, 0.3) is 0 Å². The van der Waals surface area contributed by atoms with Gasteiger partial charge < -0.3 is 5.32 Å². The molecule has 2 aromatic heterocycles. The second kappa shape index (κ2) is 5.38. The van der Waals surface area contributed by atoms with E-state index in [-0.39, 0.29) is 11.8 Å². The van der Waals surface area contributed by atoms with Crippen LogP contribution in [-0.4, -0.2) is 20.7 Å². The number of rotatable bonds is 4. The summed E-state index contributed by atoms with van der Waals surface area (Å²) in [5, 5.41) is 8.23. The Hall–Kier alpha value is -1.91. The Labute approximate surface area is 113 Å². The van der Waals surface area contributed by atoms with E-state index in [0.717, 1.165) is 35.3 Å². The van der Waals surface area contributed by atoms with Gasteiger partial charge in [-0.2, -0.15) is 5.10 Å². The number of aryl methyl sites for hydroxylation is 2. The average Bonchev–Trinajstić information content (AvgIpc) is 2.66. The maximum absolute atomic E-state index is 12.0. The second-order valence-electron chi connectivity index (χ2n) is 4.81. The van der Waals surface area contributed by atoms with Crippen LogP contribution in [0.3, 0.4) is 0 Å². The third-order valence-corrected chi connectivity index (χ3v) is 3.49. The number of amides is 1. The molecule has 0 aliphatic carbocycles. The summed E-state index contributed by atoms with van der Waals surface area (Å²) in [6, 6.07) is 1.94. The molecule has 5 heteroatoms. The van der Waals surface area contributed by atoms with E-state index in [2.05, 4.69) is 15.4 Å². The molecule has 0 atom stereocenters. The van der Waals surface area contributed by atoms with Crippen LogP contribution < -0.4 is 5.32 Å². The predicted molar refractivity (Wildman–Crippen MR) is 75.9 cm³/mol. The van der Waals surface area contributed by atoms with Crippen molar-refractivity contribution < 1.29 is 4.79 Å². The minimum absolute atomic E-state index is 0.0608. The molecule has 1 N–H and O–H groups in total. The van der Waals surface area contributed by atoms with Gasteiger partial charge in [-0.3, -0.25) is 9.48 Å². The molecule has 2 aromatic rings. The molecule has 0 bridgehead atoms. The van der Waals surface area contributed by atoms with Gasteiger partial charge in [-0.15, -0.1) is 0 Å². The molecule has 2 rings (SSSR count). The smallest absolute Gasteiger partial charge is 0.227 e. The molecule has 0 aromatic carbocycles. The van der Waals surface area contributed by atoms with Gasteiger partial charge in [0, 0.05) is 18.4 Å². The molecule has 0 radical (unpaired) electrons. The van der Waals surface area contributed by atoms with Crippen molar-refractivity contribution in [3.8, 4) is 0 Å². The van der Waals surface area contributed by atoms with Crippen LogP contribution in [0.25, 0.3) is 11.0 Å².